The van der Waals surface area contributed by atoms with Crippen LogP contribution in [0.1, 0.15) is 30.4 Å². The van der Waals surface area contributed by atoms with E-state index in [4.69, 9.17) is 9.47 Å². The van der Waals surface area contributed by atoms with Gasteiger partial charge < -0.3 is 19.5 Å². The minimum absolute atomic E-state index is 0.194. The van der Waals surface area contributed by atoms with Crippen LogP contribution in [0.3, 0.4) is 0 Å². The maximum absolute atomic E-state index is 11.0. The zero-order valence-corrected chi connectivity index (χ0v) is 15.0. The number of fused-ring (bicyclic) bond motifs is 1. The molecule has 1 N–H and O–H groups in total. The lowest BCUT2D eigenvalue weighted by molar-refractivity contribution is -0.155. The lowest BCUT2D eigenvalue weighted by atomic mass is 9.50. The molecule has 3 atom stereocenters. The fourth-order valence-electron chi connectivity index (χ4n) is 5.54. The minimum Gasteiger partial charge on any atom is -0.504 e. The van der Waals surface area contributed by atoms with Crippen LogP contribution in [-0.4, -0.2) is 49.5 Å². The summed E-state index contributed by atoms with van der Waals surface area (Å²) >= 11 is 0. The van der Waals surface area contributed by atoms with Gasteiger partial charge in [-0.1, -0.05) is 12.1 Å². The van der Waals surface area contributed by atoms with Crippen molar-refractivity contribution in [2.24, 2.45) is 0 Å². The van der Waals surface area contributed by atoms with E-state index in [1.54, 1.807) is 14.2 Å². The number of phenols is 1. The van der Waals surface area contributed by atoms with Crippen LogP contribution in [0.15, 0.2) is 23.8 Å². The first-order valence-electron chi connectivity index (χ1n) is 8.79. The summed E-state index contributed by atoms with van der Waals surface area (Å²) in [4.78, 5) is 2.37. The van der Waals surface area contributed by atoms with E-state index >= 15 is 0 Å². The van der Waals surface area contributed by atoms with Gasteiger partial charge in [-0.3, -0.25) is 0 Å². The molecule has 0 aromatic heterocycles. The highest BCUT2D eigenvalue weighted by molar-refractivity contribution is 5.61. The summed E-state index contributed by atoms with van der Waals surface area (Å²) in [5, 5.41) is 20.6. The van der Waals surface area contributed by atoms with Crippen LogP contribution < -0.4 is 4.74 Å². The fourth-order valence-corrected chi connectivity index (χ4v) is 5.54. The number of hydrogen-bond acceptors (Lipinski definition) is 5. The van der Waals surface area contributed by atoms with Crippen molar-refractivity contribution in [1.82, 2.24) is 4.90 Å². The summed E-state index contributed by atoms with van der Waals surface area (Å²) in [6, 6.07) is 6.45. The highest BCUT2D eigenvalue weighted by Crippen LogP contribution is 2.61. The minimum atomic E-state index is -0.492. The van der Waals surface area contributed by atoms with Gasteiger partial charge in [-0.25, -0.2) is 0 Å². The van der Waals surface area contributed by atoms with Crippen molar-refractivity contribution in [2.75, 3.05) is 27.8 Å². The number of nitriles is 1. The van der Waals surface area contributed by atoms with E-state index < -0.39 is 11.0 Å². The smallest absolute Gasteiger partial charge is 0.162 e. The molecule has 1 aromatic carbocycles. The molecular formula is C20H24N2O3. The number of likely N-dealkylation sites (N-methyl/N-ethyl adjacent to an activating group) is 1. The highest BCUT2D eigenvalue weighted by Gasteiger charge is 2.64. The Balaban J connectivity index is 2.07. The van der Waals surface area contributed by atoms with Crippen LogP contribution in [0.5, 0.6) is 11.5 Å². The Morgan fingerprint density at radius 1 is 1.32 bits per heavy atom. The number of methoxy groups -OCH3 is 2. The Hall–Kier alpha value is -2.03. The number of nitrogens with zero attached hydrogens (tertiary/aromatic N) is 2. The summed E-state index contributed by atoms with van der Waals surface area (Å²) in [6.45, 7) is 0.904. The van der Waals surface area contributed by atoms with Gasteiger partial charge in [0, 0.05) is 24.3 Å². The van der Waals surface area contributed by atoms with E-state index in [0.29, 0.717) is 5.75 Å². The van der Waals surface area contributed by atoms with Crippen molar-refractivity contribution in [2.45, 2.75) is 42.7 Å². The largest absolute Gasteiger partial charge is 0.504 e. The molecule has 0 amide bonds. The van der Waals surface area contributed by atoms with E-state index in [9.17, 15) is 10.4 Å². The van der Waals surface area contributed by atoms with Crippen LogP contribution >= 0.6 is 0 Å². The molecule has 0 unspecified atom stereocenters. The average Bonchev–Trinajstić information content (AvgIpc) is 2.64. The summed E-state index contributed by atoms with van der Waals surface area (Å²) < 4.78 is 11.6. The second kappa shape index (κ2) is 5.48. The number of hydrogen-bond donors (Lipinski definition) is 1. The lowest BCUT2D eigenvalue weighted by Gasteiger charge is -2.63. The van der Waals surface area contributed by atoms with Gasteiger partial charge in [0.15, 0.2) is 11.5 Å². The molecule has 4 rings (SSSR count). The molecule has 0 spiro atoms. The van der Waals surface area contributed by atoms with Gasteiger partial charge >= 0.3 is 0 Å². The Morgan fingerprint density at radius 3 is 2.80 bits per heavy atom. The molecule has 1 saturated heterocycles. The fraction of sp³-hybridized carbons (Fsp3) is 0.550. The van der Waals surface area contributed by atoms with Crippen molar-refractivity contribution < 1.29 is 14.6 Å². The molecule has 132 valence electrons. The average molecular weight is 340 g/mol. The van der Waals surface area contributed by atoms with Gasteiger partial charge in [-0.05, 0) is 50.9 Å². The lowest BCUT2D eigenvalue weighted by Crippen LogP contribution is -2.71. The van der Waals surface area contributed by atoms with E-state index in [1.807, 2.05) is 6.07 Å². The van der Waals surface area contributed by atoms with Crippen LogP contribution in [0.4, 0.5) is 0 Å². The Kier molecular flexibility index (Phi) is 3.61. The normalized spacial score (nSPS) is 33.7. The molecule has 5 nitrogen and oxygen atoms in total. The molecule has 2 aliphatic carbocycles. The number of benzene rings is 1. The Morgan fingerprint density at radius 2 is 2.12 bits per heavy atom. The van der Waals surface area contributed by atoms with Crippen molar-refractivity contribution >= 4 is 0 Å². The zero-order valence-electron chi connectivity index (χ0n) is 15.0. The van der Waals surface area contributed by atoms with Gasteiger partial charge in [-0.15, -0.1) is 0 Å². The molecule has 25 heavy (non-hydrogen) atoms. The van der Waals surface area contributed by atoms with Crippen LogP contribution in [-0.2, 0) is 16.6 Å². The first-order valence-corrected chi connectivity index (χ1v) is 8.79. The van der Waals surface area contributed by atoms with Crippen LogP contribution in [0.25, 0.3) is 0 Å². The van der Waals surface area contributed by atoms with Crippen molar-refractivity contribution in [3.63, 3.8) is 0 Å². The number of rotatable bonds is 2. The van der Waals surface area contributed by atoms with E-state index in [0.717, 1.165) is 48.9 Å². The molecular weight excluding hydrogens is 316 g/mol. The van der Waals surface area contributed by atoms with E-state index in [1.165, 1.54) is 0 Å². The third kappa shape index (κ3) is 1.90. The third-order valence-corrected chi connectivity index (χ3v) is 6.69. The molecule has 3 aliphatic rings. The molecule has 1 aromatic rings. The Bertz CT molecular complexity index is 797. The maximum Gasteiger partial charge on any atom is 0.162 e. The first kappa shape index (κ1) is 16.4. The monoisotopic (exact) mass is 340 g/mol. The van der Waals surface area contributed by atoms with Crippen molar-refractivity contribution in [3.05, 3.63) is 34.9 Å². The number of ether oxygens (including phenoxy) is 2. The van der Waals surface area contributed by atoms with Crippen molar-refractivity contribution in [3.8, 4) is 17.6 Å². The van der Waals surface area contributed by atoms with Crippen LogP contribution in [0.2, 0.25) is 0 Å². The molecule has 2 bridgehead atoms. The maximum atomic E-state index is 11.0. The quantitative estimate of drug-likeness (QED) is 0.896. The summed E-state index contributed by atoms with van der Waals surface area (Å²) in [5.41, 5.74) is 1.88. The third-order valence-electron chi connectivity index (χ3n) is 6.69. The summed E-state index contributed by atoms with van der Waals surface area (Å²) in [5.74, 6) is 0.674. The van der Waals surface area contributed by atoms with E-state index in [-0.39, 0.29) is 11.8 Å². The molecule has 0 radical (unpaired) electrons. The van der Waals surface area contributed by atoms with E-state index in [2.05, 4.69) is 30.2 Å². The second-order valence-corrected chi connectivity index (χ2v) is 7.45. The summed E-state index contributed by atoms with van der Waals surface area (Å²) in [6.07, 6.45) is 5.23. The van der Waals surface area contributed by atoms with Gasteiger partial charge in [0.05, 0.1) is 24.2 Å². The zero-order chi connectivity index (χ0) is 17.8. The predicted molar refractivity (Wildman–Crippen MR) is 93.7 cm³/mol. The van der Waals surface area contributed by atoms with Gasteiger partial charge in [0.2, 0.25) is 0 Å². The standard InChI is InChI=1S/C20H24N2O3/c1-22-9-8-19-11-13(12-21)6-7-20(19,25-3)16(22)10-14-4-5-15(24-2)18(23)17(14)19/h4-5,11,16,23H,6-10H2,1-3H3/t16-,19+,20+/m0/s1. The Labute approximate surface area is 148 Å². The number of piperidine rings is 1. The van der Waals surface area contributed by atoms with Crippen LogP contribution in [0, 0.1) is 11.3 Å². The molecule has 5 heteroatoms. The highest BCUT2D eigenvalue weighted by atomic mass is 16.5. The second-order valence-electron chi connectivity index (χ2n) is 7.45. The first-order chi connectivity index (χ1) is 12.0. The number of allylic oxidation sites excluding steroid dienone is 1. The number of phenolic OH excluding ortho intramolecular Hbond substituents is 1. The van der Waals surface area contributed by atoms with Gasteiger partial charge in [0.25, 0.3) is 0 Å². The van der Waals surface area contributed by atoms with Gasteiger partial charge in [0.1, 0.15) is 0 Å². The number of aromatic hydroxyl groups is 1. The molecule has 1 aliphatic heterocycles. The topological polar surface area (TPSA) is 65.7 Å². The molecule has 0 saturated carbocycles. The predicted octanol–water partition coefficient (Wildman–Crippen LogP) is 2.53. The molecule has 1 heterocycles. The summed E-state index contributed by atoms with van der Waals surface area (Å²) in [7, 11) is 5.49. The van der Waals surface area contributed by atoms with Gasteiger partial charge in [-0.2, -0.15) is 5.26 Å². The SMILES string of the molecule is COc1ccc2c(c1O)[C@@]13C=C(C#N)CC[C@@]1(OC)[C@H](C2)N(C)CC3. The number of likely N-dealkylation sites (tertiary alicyclic amines) is 1. The van der Waals surface area contributed by atoms with Crippen molar-refractivity contribution in [1.29, 1.82) is 5.26 Å². The molecule has 1 fully saturated rings.